The first-order valence-corrected chi connectivity index (χ1v) is 17.3. The third-order valence-corrected chi connectivity index (χ3v) is 10.6. The standard InChI is InChI=1S/C37H34Cl2N8O3/c1-20-10-11-25(40-20)18-44-21(2)42-46-16-23(14-31(46)36(44)49)27-6-4-8-29(34(27)38)30-9-5-7-28(35(30)39)24-15-32-37(50)45(22(3)43-47(32)17-24)19-26-12-13-33(48)41-26/h4-9,14-17,25-26,40H,1,10-13,18-19H2,2-3H3,(H,41,48)/t25-,26-/m0/s1. The number of hydrogen-bond acceptors (Lipinski definition) is 6. The molecule has 2 saturated heterocycles. The Morgan fingerprint density at radius 1 is 0.720 bits per heavy atom. The van der Waals surface area contributed by atoms with Crippen molar-refractivity contribution >= 4 is 40.1 Å². The molecule has 0 spiro atoms. The van der Waals surface area contributed by atoms with Gasteiger partial charge in [-0.2, -0.15) is 10.2 Å². The number of carbonyl (C=O) groups is 1. The van der Waals surface area contributed by atoms with Gasteiger partial charge in [-0.3, -0.25) is 23.5 Å². The lowest BCUT2D eigenvalue weighted by Gasteiger charge is -2.15. The summed E-state index contributed by atoms with van der Waals surface area (Å²) in [5.74, 6) is 1.17. The summed E-state index contributed by atoms with van der Waals surface area (Å²) in [6.45, 7) is 8.51. The van der Waals surface area contributed by atoms with Crippen LogP contribution in [0.25, 0.3) is 44.4 Å². The number of hydrogen-bond donors (Lipinski definition) is 2. The number of allylic oxidation sites excluding steroid dienone is 1. The van der Waals surface area contributed by atoms with Crippen LogP contribution < -0.4 is 21.8 Å². The number of halogens is 2. The zero-order chi connectivity index (χ0) is 34.8. The van der Waals surface area contributed by atoms with E-state index >= 15 is 0 Å². The van der Waals surface area contributed by atoms with E-state index < -0.39 is 0 Å². The van der Waals surface area contributed by atoms with Gasteiger partial charge >= 0.3 is 0 Å². The Morgan fingerprint density at radius 3 is 1.62 bits per heavy atom. The van der Waals surface area contributed by atoms with Crippen molar-refractivity contribution in [3.05, 3.63) is 116 Å². The number of nitrogens with one attached hydrogen (secondary N) is 2. The second kappa shape index (κ2) is 12.3. The van der Waals surface area contributed by atoms with Crippen LogP contribution in [0.15, 0.2) is 82.8 Å². The number of rotatable bonds is 7. The summed E-state index contributed by atoms with van der Waals surface area (Å²) in [5, 5.41) is 16.6. The van der Waals surface area contributed by atoms with Crippen LogP contribution in [-0.2, 0) is 17.9 Å². The average molecular weight is 710 g/mol. The van der Waals surface area contributed by atoms with Crippen LogP contribution in [0.3, 0.4) is 0 Å². The topological polar surface area (TPSA) is 120 Å². The van der Waals surface area contributed by atoms with Crippen LogP contribution in [0.5, 0.6) is 0 Å². The van der Waals surface area contributed by atoms with Crippen molar-refractivity contribution in [1.29, 1.82) is 0 Å². The predicted molar refractivity (Wildman–Crippen MR) is 195 cm³/mol. The lowest BCUT2D eigenvalue weighted by atomic mass is 9.97. The van der Waals surface area contributed by atoms with Crippen LogP contribution in [0.2, 0.25) is 10.0 Å². The Labute approximate surface area is 296 Å². The van der Waals surface area contributed by atoms with E-state index in [1.165, 1.54) is 0 Å². The van der Waals surface area contributed by atoms with Gasteiger partial charge in [-0.05, 0) is 45.2 Å². The van der Waals surface area contributed by atoms with Crippen molar-refractivity contribution in [2.24, 2.45) is 0 Å². The van der Waals surface area contributed by atoms with E-state index in [-0.39, 0.29) is 29.1 Å². The fourth-order valence-electron chi connectivity index (χ4n) is 7.20. The predicted octanol–water partition coefficient (Wildman–Crippen LogP) is 5.77. The highest BCUT2D eigenvalue weighted by Crippen LogP contribution is 2.42. The van der Waals surface area contributed by atoms with Gasteiger partial charge in [-0.1, -0.05) is 66.2 Å². The second-order valence-electron chi connectivity index (χ2n) is 13.2. The SMILES string of the molecule is C=C1CC[C@@H](Cn2c(C)nn3cc(-c4cccc(-c5cccc(-c6cc7c(=O)n(C[C@@H]8CCC(=O)N8)c(C)nn7c6)c5Cl)c4Cl)cc3c2=O)N1. The molecule has 2 aliphatic heterocycles. The Bertz CT molecular complexity index is 2340. The molecule has 0 bridgehead atoms. The molecule has 8 rings (SSSR count). The van der Waals surface area contributed by atoms with Gasteiger partial charge in [0.25, 0.3) is 11.1 Å². The highest BCUT2D eigenvalue weighted by atomic mass is 35.5. The summed E-state index contributed by atoms with van der Waals surface area (Å²) < 4.78 is 6.52. The molecule has 2 atom stereocenters. The molecule has 2 N–H and O–H groups in total. The number of aromatic nitrogens is 6. The van der Waals surface area contributed by atoms with Gasteiger partial charge in [0.1, 0.15) is 22.7 Å². The first kappa shape index (κ1) is 32.1. The Morgan fingerprint density at radius 2 is 1.18 bits per heavy atom. The molecule has 2 aliphatic rings. The molecule has 2 fully saturated rings. The number of nitrogens with zero attached hydrogens (tertiary/aromatic N) is 6. The van der Waals surface area contributed by atoms with Gasteiger partial charge in [0, 0.05) is 83.1 Å². The normalized spacial score (nSPS) is 17.6. The second-order valence-corrected chi connectivity index (χ2v) is 13.9. The van der Waals surface area contributed by atoms with E-state index in [1.807, 2.05) is 55.6 Å². The summed E-state index contributed by atoms with van der Waals surface area (Å²) in [6.07, 6.45) is 6.58. The van der Waals surface area contributed by atoms with Crippen LogP contribution in [0, 0.1) is 13.8 Å². The summed E-state index contributed by atoms with van der Waals surface area (Å²) in [4.78, 5) is 38.9. The molecular formula is C37H34Cl2N8O3. The monoisotopic (exact) mass is 708 g/mol. The van der Waals surface area contributed by atoms with Crippen molar-refractivity contribution in [3.63, 3.8) is 0 Å². The molecule has 0 saturated carbocycles. The third kappa shape index (κ3) is 5.50. The highest BCUT2D eigenvalue weighted by molar-refractivity contribution is 6.39. The van der Waals surface area contributed by atoms with Gasteiger partial charge in [-0.25, -0.2) is 9.03 Å². The largest absolute Gasteiger partial charge is 0.384 e. The number of aryl methyl sites for hydroxylation is 2. The Balaban J connectivity index is 1.14. The van der Waals surface area contributed by atoms with E-state index in [0.29, 0.717) is 58.7 Å². The summed E-state index contributed by atoms with van der Waals surface area (Å²) in [7, 11) is 0. The summed E-state index contributed by atoms with van der Waals surface area (Å²) >= 11 is 14.3. The van der Waals surface area contributed by atoms with Gasteiger partial charge in [0.15, 0.2) is 0 Å². The molecule has 0 aliphatic carbocycles. The molecule has 6 heterocycles. The van der Waals surface area contributed by atoms with E-state index in [2.05, 4.69) is 22.3 Å². The average Bonchev–Trinajstić information content (AvgIpc) is 3.89. The quantitative estimate of drug-likeness (QED) is 0.217. The lowest BCUT2D eigenvalue weighted by molar-refractivity contribution is -0.119. The van der Waals surface area contributed by atoms with E-state index in [4.69, 9.17) is 28.3 Å². The fourth-order valence-corrected chi connectivity index (χ4v) is 7.88. The summed E-state index contributed by atoms with van der Waals surface area (Å²) in [5.41, 5.74) is 5.94. The first-order chi connectivity index (χ1) is 24.0. The molecule has 4 aromatic heterocycles. The van der Waals surface area contributed by atoms with Gasteiger partial charge in [0.05, 0.1) is 10.0 Å². The van der Waals surface area contributed by atoms with E-state index in [9.17, 15) is 14.4 Å². The molecule has 0 radical (unpaired) electrons. The van der Waals surface area contributed by atoms with Crippen molar-refractivity contribution in [2.75, 3.05) is 0 Å². The molecule has 6 aromatic rings. The number of benzene rings is 2. The third-order valence-electron chi connectivity index (χ3n) is 9.82. The van der Waals surface area contributed by atoms with E-state index in [0.717, 1.165) is 51.9 Å². The molecule has 2 aromatic carbocycles. The van der Waals surface area contributed by atoms with Gasteiger partial charge in [0.2, 0.25) is 5.91 Å². The Kier molecular flexibility index (Phi) is 7.91. The molecule has 13 heteroatoms. The molecule has 1 amide bonds. The van der Waals surface area contributed by atoms with Crippen molar-refractivity contribution in [2.45, 2.75) is 64.7 Å². The molecule has 11 nitrogen and oxygen atoms in total. The maximum absolute atomic E-state index is 13.6. The zero-order valence-corrected chi connectivity index (χ0v) is 29.1. The molecule has 50 heavy (non-hydrogen) atoms. The minimum absolute atomic E-state index is 0.00144. The van der Waals surface area contributed by atoms with Gasteiger partial charge in [-0.15, -0.1) is 0 Å². The van der Waals surface area contributed by atoms with E-state index in [1.54, 1.807) is 37.4 Å². The molecular weight excluding hydrogens is 675 g/mol. The number of fused-ring (bicyclic) bond motifs is 2. The summed E-state index contributed by atoms with van der Waals surface area (Å²) in [6, 6.07) is 15.1. The van der Waals surface area contributed by atoms with Crippen molar-refractivity contribution in [1.82, 2.24) is 39.0 Å². The van der Waals surface area contributed by atoms with Crippen LogP contribution >= 0.6 is 23.2 Å². The minimum Gasteiger partial charge on any atom is -0.384 e. The molecule has 0 unspecified atom stereocenters. The number of carbonyl (C=O) groups excluding carboxylic acids is 1. The maximum Gasteiger partial charge on any atom is 0.277 e. The van der Waals surface area contributed by atoms with Crippen molar-refractivity contribution in [3.8, 4) is 33.4 Å². The fraction of sp³-hybridized carbons (Fsp3) is 0.270. The lowest BCUT2D eigenvalue weighted by Crippen LogP contribution is -2.36. The minimum atomic E-state index is -0.189. The van der Waals surface area contributed by atoms with Crippen LogP contribution in [0.1, 0.15) is 37.3 Å². The maximum atomic E-state index is 13.6. The first-order valence-electron chi connectivity index (χ1n) is 16.6. The highest BCUT2D eigenvalue weighted by Gasteiger charge is 2.24. The Hall–Kier alpha value is -5.13. The van der Waals surface area contributed by atoms with Gasteiger partial charge < -0.3 is 10.6 Å². The van der Waals surface area contributed by atoms with Crippen LogP contribution in [0.4, 0.5) is 0 Å². The van der Waals surface area contributed by atoms with Crippen LogP contribution in [-0.4, -0.2) is 46.4 Å². The van der Waals surface area contributed by atoms with Crippen molar-refractivity contribution < 1.29 is 4.79 Å². The zero-order valence-electron chi connectivity index (χ0n) is 27.5. The number of amides is 1. The smallest absolute Gasteiger partial charge is 0.277 e. The molecule has 254 valence electrons.